The van der Waals surface area contributed by atoms with Crippen LogP contribution in [0.1, 0.15) is 57.8 Å². The van der Waals surface area contributed by atoms with Crippen LogP contribution >= 0.6 is 11.6 Å². The number of carboxylic acid groups (broad SMARTS) is 1. The Kier molecular flexibility index (Phi) is 7.43. The lowest BCUT2D eigenvalue weighted by molar-refractivity contribution is 0.0697. The Morgan fingerprint density at radius 3 is 2.46 bits per heavy atom. The summed E-state index contributed by atoms with van der Waals surface area (Å²) in [5.74, 6) is -0.949. The van der Waals surface area contributed by atoms with Crippen LogP contribution in [0.25, 0.3) is 33.7 Å². The van der Waals surface area contributed by atoms with Gasteiger partial charge in [-0.05, 0) is 72.5 Å². The van der Waals surface area contributed by atoms with Crippen molar-refractivity contribution >= 4 is 34.6 Å². The van der Waals surface area contributed by atoms with Gasteiger partial charge in [-0.25, -0.2) is 14.8 Å². The zero-order valence-corrected chi connectivity index (χ0v) is 22.3. The molecule has 5 aromatic rings. The van der Waals surface area contributed by atoms with Crippen molar-refractivity contribution in [2.24, 2.45) is 0 Å². The number of fused-ring (bicyclic) bond motifs is 1. The molecular weight excluding hydrogens is 512 g/mol. The smallest absolute Gasteiger partial charge is 0.336 e. The van der Waals surface area contributed by atoms with Crippen LogP contribution in [0, 0.1) is 6.92 Å². The molecule has 3 N–H and O–H groups in total. The first-order valence-corrected chi connectivity index (χ1v) is 13.1. The number of nitrogens with zero attached hydrogens (tertiary/aromatic N) is 2. The summed E-state index contributed by atoms with van der Waals surface area (Å²) in [6, 6.07) is 23.3. The summed E-state index contributed by atoms with van der Waals surface area (Å²) in [5.41, 5.74) is 5.10. The predicted octanol–water partition coefficient (Wildman–Crippen LogP) is 7.22. The predicted molar refractivity (Wildman–Crippen MR) is 153 cm³/mol. The van der Waals surface area contributed by atoms with E-state index in [1.807, 2.05) is 49.4 Å². The molecule has 0 aliphatic rings. The van der Waals surface area contributed by atoms with Gasteiger partial charge >= 0.3 is 5.97 Å². The Hall–Kier alpha value is -4.49. The number of aromatic nitrogens is 3. The molecule has 39 heavy (non-hydrogen) atoms. The standard InChI is InChI=1S/C31H27ClN4O3/c1-3-7-26(19-8-5-4-6-9-19)35-30(37)20-11-13-22(25(16-20)31(38)39)24-17-21(32)12-14-23(24)28-34-27-15-10-18(2)33-29(27)36-28/h4-6,8-17,26H,3,7H2,1-2H3,(H,35,37)(H,38,39)(H,33,34,36). The number of hydrogen-bond acceptors (Lipinski definition) is 4. The molecule has 0 bridgehead atoms. The quantitative estimate of drug-likeness (QED) is 0.193. The number of aromatic carboxylic acids is 1. The number of amides is 1. The highest BCUT2D eigenvalue weighted by molar-refractivity contribution is 6.31. The number of H-pyrrole nitrogens is 1. The van der Waals surface area contributed by atoms with Gasteiger partial charge in [-0.15, -0.1) is 0 Å². The van der Waals surface area contributed by atoms with Gasteiger partial charge in [0.25, 0.3) is 5.91 Å². The number of aryl methyl sites for hydroxylation is 1. The van der Waals surface area contributed by atoms with Crippen molar-refractivity contribution in [3.8, 4) is 22.5 Å². The van der Waals surface area contributed by atoms with Crippen molar-refractivity contribution in [1.82, 2.24) is 20.3 Å². The minimum absolute atomic E-state index is 0.0111. The molecule has 2 aromatic heterocycles. The molecule has 2 heterocycles. The number of carbonyl (C=O) groups excluding carboxylic acids is 1. The second-order valence-corrected chi connectivity index (χ2v) is 9.83. The molecule has 0 fully saturated rings. The number of benzene rings is 3. The number of imidazole rings is 1. The largest absolute Gasteiger partial charge is 0.478 e. The highest BCUT2D eigenvalue weighted by Gasteiger charge is 2.21. The summed E-state index contributed by atoms with van der Waals surface area (Å²) in [5, 5.41) is 13.7. The van der Waals surface area contributed by atoms with Gasteiger partial charge < -0.3 is 15.4 Å². The lowest BCUT2D eigenvalue weighted by atomic mass is 9.93. The van der Waals surface area contributed by atoms with E-state index in [9.17, 15) is 14.7 Å². The van der Waals surface area contributed by atoms with E-state index < -0.39 is 5.97 Å². The monoisotopic (exact) mass is 538 g/mol. The molecule has 5 rings (SSSR count). The highest BCUT2D eigenvalue weighted by Crippen LogP contribution is 2.36. The van der Waals surface area contributed by atoms with E-state index in [0.717, 1.165) is 29.6 Å². The molecule has 0 saturated carbocycles. The normalized spacial score (nSPS) is 11.9. The van der Waals surface area contributed by atoms with Gasteiger partial charge in [0.2, 0.25) is 0 Å². The zero-order valence-electron chi connectivity index (χ0n) is 21.5. The maximum absolute atomic E-state index is 13.2. The molecule has 1 atom stereocenters. The number of carbonyl (C=O) groups is 2. The number of hydrogen-bond donors (Lipinski definition) is 3. The summed E-state index contributed by atoms with van der Waals surface area (Å²) in [6.45, 7) is 3.95. The molecule has 0 aliphatic carbocycles. The first kappa shape index (κ1) is 26.1. The van der Waals surface area contributed by atoms with Crippen molar-refractivity contribution in [2.45, 2.75) is 32.7 Å². The summed E-state index contributed by atoms with van der Waals surface area (Å²) in [4.78, 5) is 38.1. The molecule has 196 valence electrons. The van der Waals surface area contributed by atoms with Crippen LogP contribution in [-0.4, -0.2) is 31.9 Å². The van der Waals surface area contributed by atoms with Crippen molar-refractivity contribution in [3.63, 3.8) is 0 Å². The van der Waals surface area contributed by atoms with E-state index in [2.05, 4.69) is 27.2 Å². The summed E-state index contributed by atoms with van der Waals surface area (Å²) in [7, 11) is 0. The lowest BCUT2D eigenvalue weighted by Crippen LogP contribution is -2.28. The van der Waals surface area contributed by atoms with Crippen LogP contribution in [0.15, 0.2) is 78.9 Å². The zero-order chi connectivity index (χ0) is 27.5. The third kappa shape index (κ3) is 5.54. The topological polar surface area (TPSA) is 108 Å². The number of halogens is 1. The average Bonchev–Trinajstić information content (AvgIpc) is 3.35. The van der Waals surface area contributed by atoms with E-state index in [4.69, 9.17) is 11.6 Å². The minimum Gasteiger partial charge on any atom is -0.478 e. The first-order chi connectivity index (χ1) is 18.8. The number of aromatic amines is 1. The third-order valence-electron chi connectivity index (χ3n) is 6.61. The van der Waals surface area contributed by atoms with Gasteiger partial charge in [0, 0.05) is 21.8 Å². The van der Waals surface area contributed by atoms with Gasteiger partial charge in [0.15, 0.2) is 5.65 Å². The molecule has 1 unspecified atom stereocenters. The van der Waals surface area contributed by atoms with Crippen LogP contribution in [0.3, 0.4) is 0 Å². The molecule has 7 nitrogen and oxygen atoms in total. The maximum Gasteiger partial charge on any atom is 0.336 e. The third-order valence-corrected chi connectivity index (χ3v) is 6.84. The Bertz CT molecular complexity index is 1680. The van der Waals surface area contributed by atoms with E-state index in [0.29, 0.717) is 33.2 Å². The van der Waals surface area contributed by atoms with Crippen LogP contribution in [0.4, 0.5) is 0 Å². The van der Waals surface area contributed by atoms with E-state index in [1.165, 1.54) is 6.07 Å². The van der Waals surface area contributed by atoms with Crippen LogP contribution < -0.4 is 5.32 Å². The van der Waals surface area contributed by atoms with Crippen LogP contribution in [-0.2, 0) is 0 Å². The van der Waals surface area contributed by atoms with Crippen LogP contribution in [0.2, 0.25) is 5.02 Å². The number of pyridine rings is 1. The van der Waals surface area contributed by atoms with Gasteiger partial charge in [-0.3, -0.25) is 4.79 Å². The Morgan fingerprint density at radius 2 is 1.72 bits per heavy atom. The van der Waals surface area contributed by atoms with Crippen molar-refractivity contribution < 1.29 is 14.7 Å². The van der Waals surface area contributed by atoms with E-state index >= 15 is 0 Å². The Labute approximate surface area is 230 Å². The van der Waals surface area contributed by atoms with Crippen molar-refractivity contribution in [3.05, 3.63) is 106 Å². The highest BCUT2D eigenvalue weighted by atomic mass is 35.5. The van der Waals surface area contributed by atoms with E-state index in [-0.39, 0.29) is 23.1 Å². The van der Waals surface area contributed by atoms with Crippen molar-refractivity contribution in [1.29, 1.82) is 0 Å². The molecule has 1 amide bonds. The SMILES string of the molecule is CCCC(NC(=O)c1ccc(-c2cc(Cl)ccc2-c2nc3nc(C)ccc3[nH]2)c(C(=O)O)c1)c1ccccc1. The van der Waals surface area contributed by atoms with Crippen molar-refractivity contribution in [2.75, 3.05) is 0 Å². The maximum atomic E-state index is 13.2. The Morgan fingerprint density at radius 1 is 0.949 bits per heavy atom. The molecule has 3 aromatic carbocycles. The molecular formula is C31H27ClN4O3. The first-order valence-electron chi connectivity index (χ1n) is 12.7. The molecule has 8 heteroatoms. The summed E-state index contributed by atoms with van der Waals surface area (Å²) < 4.78 is 0. The minimum atomic E-state index is -1.15. The number of rotatable bonds is 8. The second kappa shape index (κ2) is 11.1. The fourth-order valence-electron chi connectivity index (χ4n) is 4.70. The number of nitrogens with one attached hydrogen (secondary N) is 2. The number of carboxylic acids is 1. The van der Waals surface area contributed by atoms with Crippen LogP contribution in [0.5, 0.6) is 0 Å². The fraction of sp³-hybridized carbons (Fsp3) is 0.161. The van der Waals surface area contributed by atoms with E-state index in [1.54, 1.807) is 30.3 Å². The molecule has 0 spiro atoms. The lowest BCUT2D eigenvalue weighted by Gasteiger charge is -2.19. The Balaban J connectivity index is 1.54. The van der Waals surface area contributed by atoms with Gasteiger partial charge in [0.05, 0.1) is 17.1 Å². The average molecular weight is 539 g/mol. The molecule has 0 aliphatic heterocycles. The second-order valence-electron chi connectivity index (χ2n) is 9.39. The summed E-state index contributed by atoms with van der Waals surface area (Å²) in [6.07, 6.45) is 1.64. The van der Waals surface area contributed by atoms with Gasteiger partial charge in [0.1, 0.15) is 5.82 Å². The van der Waals surface area contributed by atoms with Gasteiger partial charge in [-0.1, -0.05) is 61.3 Å². The van der Waals surface area contributed by atoms with Gasteiger partial charge in [-0.2, -0.15) is 0 Å². The molecule has 0 radical (unpaired) electrons. The molecule has 0 saturated heterocycles. The summed E-state index contributed by atoms with van der Waals surface area (Å²) >= 11 is 6.36. The fourth-order valence-corrected chi connectivity index (χ4v) is 4.87.